The number of ether oxygens (including phenoxy) is 1. The summed E-state index contributed by atoms with van der Waals surface area (Å²) in [5.74, 6) is -0.884. The van der Waals surface area contributed by atoms with E-state index in [0.717, 1.165) is 44.9 Å². The average molecular weight is 313 g/mol. The summed E-state index contributed by atoms with van der Waals surface area (Å²) < 4.78 is 5.43. The maximum Gasteiger partial charge on any atom is 0.411 e. The van der Waals surface area contributed by atoms with Crippen LogP contribution in [-0.4, -0.2) is 40.3 Å². The van der Waals surface area contributed by atoms with Gasteiger partial charge in [0.05, 0.1) is 0 Å². The second-order valence-electron chi connectivity index (χ2n) is 7.21. The number of hydrogen-bond donors (Lipinski definition) is 1. The van der Waals surface area contributed by atoms with Crippen molar-refractivity contribution in [3.05, 3.63) is 0 Å². The predicted molar refractivity (Wildman–Crippen MR) is 85.8 cm³/mol. The lowest BCUT2D eigenvalue weighted by Crippen LogP contribution is -2.51. The molecule has 22 heavy (non-hydrogen) atoms. The van der Waals surface area contributed by atoms with Gasteiger partial charge in [0.1, 0.15) is 11.6 Å². The summed E-state index contributed by atoms with van der Waals surface area (Å²) in [7, 11) is 0. The number of carbonyl (C=O) groups is 2. The summed E-state index contributed by atoms with van der Waals surface area (Å²) in [5.41, 5.74) is -0.615. The number of aliphatic carboxylic acids is 1. The van der Waals surface area contributed by atoms with Gasteiger partial charge in [0, 0.05) is 6.54 Å². The molecule has 0 aromatic heterocycles. The zero-order valence-corrected chi connectivity index (χ0v) is 14.4. The average Bonchev–Trinajstić information content (AvgIpc) is 2.64. The van der Waals surface area contributed by atoms with Crippen molar-refractivity contribution < 1.29 is 19.4 Å². The van der Waals surface area contributed by atoms with Gasteiger partial charge < -0.3 is 9.84 Å². The smallest absolute Gasteiger partial charge is 0.411 e. The quantitative estimate of drug-likeness (QED) is 0.777. The van der Waals surface area contributed by atoms with Crippen LogP contribution in [-0.2, 0) is 9.53 Å². The van der Waals surface area contributed by atoms with E-state index >= 15 is 0 Å². The van der Waals surface area contributed by atoms with Crippen LogP contribution in [0.1, 0.15) is 72.6 Å². The topological polar surface area (TPSA) is 66.8 Å². The summed E-state index contributed by atoms with van der Waals surface area (Å²) in [6.45, 7) is 7.77. The normalized spacial score (nSPS) is 18.4. The molecule has 0 aliphatic heterocycles. The van der Waals surface area contributed by atoms with Gasteiger partial charge >= 0.3 is 12.1 Å². The predicted octanol–water partition coefficient (Wildman–Crippen LogP) is 4.06. The number of rotatable bonds is 5. The van der Waals surface area contributed by atoms with Gasteiger partial charge in [-0.25, -0.2) is 9.59 Å². The van der Waals surface area contributed by atoms with Gasteiger partial charge in [0.25, 0.3) is 0 Å². The molecule has 0 heterocycles. The first-order valence-electron chi connectivity index (χ1n) is 8.48. The molecule has 0 aromatic carbocycles. The number of carboxylic acids is 1. The van der Waals surface area contributed by atoms with E-state index in [1.807, 2.05) is 6.92 Å². The second-order valence-corrected chi connectivity index (χ2v) is 7.21. The van der Waals surface area contributed by atoms with Crippen LogP contribution in [0.2, 0.25) is 0 Å². The van der Waals surface area contributed by atoms with Gasteiger partial charge in [0.2, 0.25) is 0 Å². The third-order valence-electron chi connectivity index (χ3n) is 4.03. The van der Waals surface area contributed by atoms with Crippen LogP contribution in [0, 0.1) is 5.92 Å². The Morgan fingerprint density at radius 1 is 1.18 bits per heavy atom. The number of nitrogens with zero attached hydrogens (tertiary/aromatic N) is 1. The molecule has 0 saturated heterocycles. The maximum atomic E-state index is 12.5. The number of amides is 1. The van der Waals surface area contributed by atoms with Crippen molar-refractivity contribution in [2.75, 3.05) is 6.54 Å². The van der Waals surface area contributed by atoms with E-state index in [2.05, 4.69) is 0 Å². The van der Waals surface area contributed by atoms with Gasteiger partial charge in [0.15, 0.2) is 0 Å². The molecule has 0 radical (unpaired) electrons. The minimum absolute atomic E-state index is 0.0269. The van der Waals surface area contributed by atoms with Gasteiger partial charge in [-0.15, -0.1) is 0 Å². The highest BCUT2D eigenvalue weighted by Gasteiger charge is 2.38. The van der Waals surface area contributed by atoms with Crippen molar-refractivity contribution in [2.24, 2.45) is 5.92 Å². The molecule has 1 rings (SSSR count). The molecule has 0 aromatic rings. The molecule has 0 bridgehead atoms. The van der Waals surface area contributed by atoms with Crippen molar-refractivity contribution in [1.82, 2.24) is 4.90 Å². The van der Waals surface area contributed by atoms with E-state index in [9.17, 15) is 14.7 Å². The fraction of sp³-hybridized carbons (Fsp3) is 0.882. The van der Waals surface area contributed by atoms with Gasteiger partial charge in [-0.05, 0) is 46.0 Å². The van der Waals surface area contributed by atoms with Crippen LogP contribution in [0.4, 0.5) is 4.79 Å². The largest absolute Gasteiger partial charge is 0.480 e. The Labute approximate surface area is 134 Å². The Balaban J connectivity index is 2.94. The van der Waals surface area contributed by atoms with E-state index in [4.69, 9.17) is 4.74 Å². The highest BCUT2D eigenvalue weighted by molar-refractivity contribution is 5.80. The zero-order chi connectivity index (χ0) is 16.8. The lowest BCUT2D eigenvalue weighted by atomic mass is 9.90. The first-order chi connectivity index (χ1) is 10.3. The minimum Gasteiger partial charge on any atom is -0.480 e. The number of carbonyl (C=O) groups excluding carboxylic acids is 1. The Kier molecular flexibility index (Phi) is 7.17. The Hall–Kier alpha value is -1.26. The Morgan fingerprint density at radius 3 is 2.14 bits per heavy atom. The van der Waals surface area contributed by atoms with Gasteiger partial charge in [-0.2, -0.15) is 0 Å². The summed E-state index contributed by atoms with van der Waals surface area (Å²) in [6.07, 6.45) is 6.36. The molecular formula is C17H31NO4. The lowest BCUT2D eigenvalue weighted by Gasteiger charge is -2.35. The fourth-order valence-electron chi connectivity index (χ4n) is 3.12. The molecule has 1 saturated carbocycles. The van der Waals surface area contributed by atoms with Crippen LogP contribution in [0.5, 0.6) is 0 Å². The number of carboxylic acid groups (broad SMARTS) is 1. The van der Waals surface area contributed by atoms with Crippen molar-refractivity contribution >= 4 is 12.1 Å². The molecule has 1 fully saturated rings. The molecule has 5 heteroatoms. The van der Waals surface area contributed by atoms with Gasteiger partial charge in [-0.3, -0.25) is 4.90 Å². The van der Waals surface area contributed by atoms with E-state index in [-0.39, 0.29) is 5.92 Å². The van der Waals surface area contributed by atoms with Crippen molar-refractivity contribution in [3.8, 4) is 0 Å². The van der Waals surface area contributed by atoms with E-state index in [1.54, 1.807) is 20.8 Å². The first kappa shape index (κ1) is 18.8. The molecule has 1 aliphatic rings. The standard InChI is InChI=1S/C17H31NO4/c1-5-12-18(16(21)22-17(2,3)4)14(15(19)20)13-10-8-6-7-9-11-13/h13-14H,5-12H2,1-4H3,(H,19,20). The number of hydrogen-bond acceptors (Lipinski definition) is 3. The summed E-state index contributed by atoms with van der Waals surface area (Å²) in [6, 6.07) is -0.770. The van der Waals surface area contributed by atoms with Crippen LogP contribution in [0.25, 0.3) is 0 Å². The van der Waals surface area contributed by atoms with Crippen molar-refractivity contribution in [2.45, 2.75) is 84.3 Å². The molecule has 128 valence electrons. The summed E-state index contributed by atoms with van der Waals surface area (Å²) >= 11 is 0. The minimum atomic E-state index is -0.911. The molecule has 1 unspecified atom stereocenters. The highest BCUT2D eigenvalue weighted by Crippen LogP contribution is 2.29. The Bertz CT molecular complexity index is 367. The summed E-state index contributed by atoms with van der Waals surface area (Å²) in [4.78, 5) is 25.7. The molecule has 5 nitrogen and oxygen atoms in total. The second kappa shape index (κ2) is 8.39. The zero-order valence-electron chi connectivity index (χ0n) is 14.4. The molecule has 1 atom stereocenters. The SMILES string of the molecule is CCCN(C(=O)OC(C)(C)C)C(C(=O)O)C1CCCCCC1. The van der Waals surface area contributed by atoms with Crippen molar-refractivity contribution in [1.29, 1.82) is 0 Å². The van der Waals surface area contributed by atoms with Crippen molar-refractivity contribution in [3.63, 3.8) is 0 Å². The molecule has 1 amide bonds. The van der Waals surface area contributed by atoms with Gasteiger partial charge in [-0.1, -0.05) is 32.6 Å². The lowest BCUT2D eigenvalue weighted by molar-refractivity contribution is -0.145. The fourth-order valence-corrected chi connectivity index (χ4v) is 3.12. The third kappa shape index (κ3) is 5.85. The third-order valence-corrected chi connectivity index (χ3v) is 4.03. The monoisotopic (exact) mass is 313 g/mol. The van der Waals surface area contributed by atoms with Crippen LogP contribution < -0.4 is 0 Å². The van der Waals surface area contributed by atoms with E-state index in [1.165, 1.54) is 4.90 Å². The molecule has 1 N–H and O–H groups in total. The highest BCUT2D eigenvalue weighted by atomic mass is 16.6. The first-order valence-corrected chi connectivity index (χ1v) is 8.48. The molecular weight excluding hydrogens is 282 g/mol. The molecule has 0 spiro atoms. The molecule has 1 aliphatic carbocycles. The van der Waals surface area contributed by atoms with Crippen LogP contribution >= 0.6 is 0 Å². The maximum absolute atomic E-state index is 12.5. The van der Waals surface area contributed by atoms with E-state index < -0.39 is 23.7 Å². The van der Waals surface area contributed by atoms with Crippen LogP contribution in [0.3, 0.4) is 0 Å². The summed E-state index contributed by atoms with van der Waals surface area (Å²) in [5, 5.41) is 9.71. The van der Waals surface area contributed by atoms with E-state index in [0.29, 0.717) is 6.54 Å². The van der Waals surface area contributed by atoms with Crippen LogP contribution in [0.15, 0.2) is 0 Å². The Morgan fingerprint density at radius 2 is 1.73 bits per heavy atom.